The molecule has 0 aliphatic rings. The third-order valence-corrected chi connectivity index (χ3v) is 6.49. The van der Waals surface area contributed by atoms with Crippen molar-refractivity contribution in [1.29, 1.82) is 0 Å². The molecule has 7 N–H and O–H groups in total. The zero-order chi connectivity index (χ0) is 31.5. The van der Waals surface area contributed by atoms with Crippen molar-refractivity contribution in [3.8, 4) is 0 Å². The number of nitrogens with two attached hydrogens (primary N) is 2. The fraction of sp³-hybridized carbons (Fsp3) is 0.464. The van der Waals surface area contributed by atoms with Crippen LogP contribution in [0.1, 0.15) is 28.9 Å². The molecule has 232 valence electrons. The summed E-state index contributed by atoms with van der Waals surface area (Å²) in [6.07, 6.45) is 1.87. The molecule has 0 unspecified atom stereocenters. The highest BCUT2D eigenvalue weighted by Gasteiger charge is 2.22. The minimum atomic E-state index is -0.866. The van der Waals surface area contributed by atoms with Crippen LogP contribution in [0.5, 0.6) is 0 Å². The molecule has 15 heteroatoms. The van der Waals surface area contributed by atoms with Gasteiger partial charge < -0.3 is 42.1 Å². The monoisotopic (exact) mass is 594 g/mol. The largest absolute Gasteiger partial charge is 0.382 e. The predicted octanol–water partition coefficient (Wildman–Crippen LogP) is -0.545. The highest BCUT2D eigenvalue weighted by atomic mass is 16.2. The number of hydrogen-bond acceptors (Lipinski definition) is 12. The number of anilines is 3. The number of benzene rings is 1. The van der Waals surface area contributed by atoms with Gasteiger partial charge in [0.15, 0.2) is 17.0 Å². The fourth-order valence-corrected chi connectivity index (χ4v) is 4.08. The second-order valence-electron chi connectivity index (χ2n) is 10.7. The number of rotatable bonds is 15. The van der Waals surface area contributed by atoms with Crippen LogP contribution in [0.25, 0.3) is 11.2 Å². The molecule has 0 saturated heterocycles. The van der Waals surface area contributed by atoms with E-state index in [9.17, 15) is 14.4 Å². The molecular formula is C28H42N12O3. The Morgan fingerprint density at radius 3 is 2.19 bits per heavy atom. The second kappa shape index (κ2) is 15.6. The van der Waals surface area contributed by atoms with Crippen molar-refractivity contribution in [2.24, 2.45) is 0 Å². The van der Waals surface area contributed by atoms with E-state index in [2.05, 4.69) is 35.9 Å². The van der Waals surface area contributed by atoms with Gasteiger partial charge in [0, 0.05) is 50.9 Å². The summed E-state index contributed by atoms with van der Waals surface area (Å²) in [4.78, 5) is 61.0. The molecule has 0 fully saturated rings. The van der Waals surface area contributed by atoms with Crippen LogP contribution in [0.2, 0.25) is 0 Å². The molecule has 0 spiro atoms. The molecule has 0 saturated carbocycles. The lowest BCUT2D eigenvalue weighted by Crippen LogP contribution is -2.48. The zero-order valence-electron chi connectivity index (χ0n) is 25.4. The van der Waals surface area contributed by atoms with Crippen molar-refractivity contribution >= 4 is 46.3 Å². The van der Waals surface area contributed by atoms with Crippen LogP contribution in [-0.2, 0) is 16.1 Å². The van der Waals surface area contributed by atoms with E-state index in [1.807, 2.05) is 49.9 Å². The molecule has 15 nitrogen and oxygen atoms in total. The zero-order valence-corrected chi connectivity index (χ0v) is 25.4. The lowest BCUT2D eigenvalue weighted by atomic mass is 10.1. The van der Waals surface area contributed by atoms with Crippen LogP contribution < -0.4 is 32.3 Å². The van der Waals surface area contributed by atoms with Gasteiger partial charge >= 0.3 is 0 Å². The van der Waals surface area contributed by atoms with Gasteiger partial charge in [-0.15, -0.1) is 0 Å². The first-order chi connectivity index (χ1) is 20.4. The number of aromatic nitrogens is 4. The molecule has 0 radical (unpaired) electrons. The molecule has 1 atom stereocenters. The summed E-state index contributed by atoms with van der Waals surface area (Å²) < 4.78 is 0. The van der Waals surface area contributed by atoms with Gasteiger partial charge in [0.2, 0.25) is 17.8 Å². The van der Waals surface area contributed by atoms with Gasteiger partial charge in [0.1, 0.15) is 6.04 Å². The average Bonchev–Trinajstić information content (AvgIpc) is 2.95. The van der Waals surface area contributed by atoms with Crippen LogP contribution in [0, 0.1) is 0 Å². The van der Waals surface area contributed by atoms with Crippen LogP contribution in [0.15, 0.2) is 30.5 Å². The quantitative estimate of drug-likeness (QED) is 0.151. The maximum Gasteiger partial charge on any atom is 0.251 e. The van der Waals surface area contributed by atoms with Gasteiger partial charge in [0.25, 0.3) is 5.91 Å². The molecule has 43 heavy (non-hydrogen) atoms. The molecule has 3 aromatic rings. The Morgan fingerprint density at radius 1 is 0.884 bits per heavy atom. The number of nitrogen functional groups attached to an aromatic ring is 2. The standard InChI is InChI=1S/C28H42N12O3/c1-38(2)14-12-31-22(41)11-10-21(27(43)32-13-15-39(3)4)35-26(42)18-6-8-20(9-7-18)40(5)17-19-16-33-25-23(34-19)24(29)36-28(30)37-25/h6-9,16,21H,10-15,17H2,1-5H3,(H,31,41)(H,32,43)(H,35,42)(H4,29,30,33,36,37)/t21-/m0/s1. The van der Waals surface area contributed by atoms with Crippen molar-refractivity contribution in [2.45, 2.75) is 25.4 Å². The van der Waals surface area contributed by atoms with Crippen molar-refractivity contribution in [3.63, 3.8) is 0 Å². The van der Waals surface area contributed by atoms with Gasteiger partial charge in [0.05, 0.1) is 18.4 Å². The summed E-state index contributed by atoms with van der Waals surface area (Å²) in [6, 6.07) is 6.08. The number of nitrogens with one attached hydrogen (secondary N) is 3. The number of hydrogen-bond donors (Lipinski definition) is 5. The van der Waals surface area contributed by atoms with Gasteiger partial charge in [-0.3, -0.25) is 14.4 Å². The van der Waals surface area contributed by atoms with Crippen LogP contribution >= 0.6 is 0 Å². The Hall–Kier alpha value is -4.63. The Morgan fingerprint density at radius 2 is 1.53 bits per heavy atom. The number of amides is 3. The number of carbonyl (C=O) groups excluding carboxylic acids is 3. The average molecular weight is 595 g/mol. The topological polar surface area (TPSA) is 201 Å². The Labute approximate surface area is 251 Å². The molecule has 2 heterocycles. The SMILES string of the molecule is CN(C)CCNC(=O)CC[C@H](NC(=O)c1ccc(N(C)Cc2cnc3nc(N)nc(N)c3n2)cc1)C(=O)NCCN(C)C. The third kappa shape index (κ3) is 10.3. The number of likely N-dealkylation sites (N-methyl/N-ethyl adjacent to an activating group) is 2. The van der Waals surface area contributed by atoms with E-state index in [-0.39, 0.29) is 36.4 Å². The van der Waals surface area contributed by atoms with Gasteiger partial charge in [-0.1, -0.05) is 0 Å². The maximum absolute atomic E-state index is 13.1. The van der Waals surface area contributed by atoms with Crippen LogP contribution in [0.4, 0.5) is 17.5 Å². The molecule has 3 rings (SSSR count). The van der Waals surface area contributed by atoms with Crippen molar-refractivity contribution < 1.29 is 14.4 Å². The predicted molar refractivity (Wildman–Crippen MR) is 166 cm³/mol. The van der Waals surface area contributed by atoms with Crippen molar-refractivity contribution in [1.82, 2.24) is 45.7 Å². The summed E-state index contributed by atoms with van der Waals surface area (Å²) >= 11 is 0. The summed E-state index contributed by atoms with van der Waals surface area (Å²) in [6.45, 7) is 2.68. The molecule has 3 amide bonds. The lowest BCUT2D eigenvalue weighted by molar-refractivity contribution is -0.124. The van der Waals surface area contributed by atoms with E-state index in [4.69, 9.17) is 11.5 Å². The Balaban J connectivity index is 1.63. The second-order valence-corrected chi connectivity index (χ2v) is 10.7. The Bertz CT molecular complexity index is 1400. The van der Waals surface area contributed by atoms with Gasteiger partial charge in [-0.25, -0.2) is 9.97 Å². The lowest BCUT2D eigenvalue weighted by Gasteiger charge is -2.21. The van der Waals surface area contributed by atoms with E-state index in [1.54, 1.807) is 30.5 Å². The van der Waals surface area contributed by atoms with Gasteiger partial charge in [-0.05, 0) is 58.9 Å². The van der Waals surface area contributed by atoms with E-state index in [0.717, 1.165) is 5.69 Å². The molecule has 0 aliphatic heterocycles. The molecular weight excluding hydrogens is 552 g/mol. The molecule has 0 bridgehead atoms. The normalized spacial score (nSPS) is 11.9. The maximum atomic E-state index is 13.1. The van der Waals surface area contributed by atoms with E-state index < -0.39 is 11.9 Å². The minimum Gasteiger partial charge on any atom is -0.382 e. The van der Waals surface area contributed by atoms with Gasteiger partial charge in [-0.2, -0.15) is 9.97 Å². The summed E-state index contributed by atoms with van der Waals surface area (Å²) in [5, 5.41) is 8.48. The Kier molecular flexibility index (Phi) is 11.9. The first-order valence-corrected chi connectivity index (χ1v) is 13.9. The highest BCUT2D eigenvalue weighted by molar-refractivity contribution is 5.98. The minimum absolute atomic E-state index is 0.0330. The van der Waals surface area contributed by atoms with Crippen LogP contribution in [-0.4, -0.2) is 115 Å². The first kappa shape index (κ1) is 32.9. The van der Waals surface area contributed by atoms with Crippen molar-refractivity contribution in [3.05, 3.63) is 41.7 Å². The highest BCUT2D eigenvalue weighted by Crippen LogP contribution is 2.19. The van der Waals surface area contributed by atoms with E-state index >= 15 is 0 Å². The van der Waals surface area contributed by atoms with Crippen LogP contribution in [0.3, 0.4) is 0 Å². The summed E-state index contributed by atoms with van der Waals surface area (Å²) in [5.74, 6) is -0.733. The molecule has 0 aliphatic carbocycles. The number of fused-ring (bicyclic) bond motifs is 1. The van der Waals surface area contributed by atoms with E-state index in [0.29, 0.717) is 55.1 Å². The number of carbonyl (C=O) groups is 3. The first-order valence-electron chi connectivity index (χ1n) is 13.9. The smallest absolute Gasteiger partial charge is 0.251 e. The van der Waals surface area contributed by atoms with Crippen molar-refractivity contribution in [2.75, 3.05) is 77.8 Å². The fourth-order valence-electron chi connectivity index (χ4n) is 4.08. The molecule has 1 aromatic carbocycles. The van der Waals surface area contributed by atoms with E-state index in [1.165, 1.54) is 0 Å². The summed E-state index contributed by atoms with van der Waals surface area (Å²) in [5.41, 5.74) is 14.1. The third-order valence-electron chi connectivity index (χ3n) is 6.49. The molecule has 2 aromatic heterocycles. The summed E-state index contributed by atoms with van der Waals surface area (Å²) in [7, 11) is 9.52. The number of nitrogens with zero attached hydrogens (tertiary/aromatic N) is 7.